The highest BCUT2D eigenvalue weighted by molar-refractivity contribution is 6.74. The van der Waals surface area contributed by atoms with Gasteiger partial charge in [0.2, 0.25) is 0 Å². The van der Waals surface area contributed by atoms with E-state index in [4.69, 9.17) is 9.16 Å². The van der Waals surface area contributed by atoms with Crippen molar-refractivity contribution >= 4 is 20.5 Å². The minimum atomic E-state index is -2.09. The number of nitrogens with zero attached hydrogens (tertiary/aromatic N) is 2. The van der Waals surface area contributed by atoms with Crippen molar-refractivity contribution in [2.45, 2.75) is 45.8 Å². The Bertz CT molecular complexity index is 531. The van der Waals surface area contributed by atoms with Crippen molar-refractivity contribution in [1.82, 2.24) is 0 Å². The number of hydrogen-bond acceptors (Lipinski definition) is 4. The van der Waals surface area contributed by atoms with E-state index in [9.17, 15) is 9.59 Å². The van der Waals surface area contributed by atoms with E-state index in [-0.39, 0.29) is 0 Å². The molecule has 0 N–H and O–H groups in total. The summed E-state index contributed by atoms with van der Waals surface area (Å²) in [5, 5.41) is 6.53. The van der Waals surface area contributed by atoms with Gasteiger partial charge in [-0.25, -0.2) is 9.59 Å². The molecule has 1 rings (SSSR count). The van der Waals surface area contributed by atoms with Crippen LogP contribution in [0.1, 0.15) is 26.3 Å². The summed E-state index contributed by atoms with van der Waals surface area (Å²) in [6.45, 7) is 7.91. The molecule has 0 bridgehead atoms. The number of amides is 2. The molecule has 0 fully saturated rings. The summed E-state index contributed by atoms with van der Waals surface area (Å²) in [5.41, 5.74) is 1.05. The van der Waals surface area contributed by atoms with Gasteiger partial charge in [0, 0.05) is 0 Å². The molecule has 0 saturated carbocycles. The van der Waals surface area contributed by atoms with Crippen LogP contribution in [0.4, 0.5) is 9.59 Å². The SMILES string of the molecule is CC[Si](CC)(CC)OC(=O)/N=N/C(=O)Oc1ccc(C)cc1. The van der Waals surface area contributed by atoms with Gasteiger partial charge in [-0.1, -0.05) is 48.7 Å². The zero-order valence-corrected chi connectivity index (χ0v) is 14.5. The van der Waals surface area contributed by atoms with E-state index in [0.717, 1.165) is 23.7 Å². The van der Waals surface area contributed by atoms with Crippen molar-refractivity contribution in [3.05, 3.63) is 29.8 Å². The third-order valence-corrected chi connectivity index (χ3v) is 8.15. The number of aryl methyl sites for hydroxylation is 1. The first kappa shape index (κ1) is 18.0. The lowest BCUT2D eigenvalue weighted by Gasteiger charge is -2.25. The molecule has 0 aliphatic heterocycles. The van der Waals surface area contributed by atoms with Gasteiger partial charge in [0.1, 0.15) is 5.75 Å². The third-order valence-electron chi connectivity index (χ3n) is 3.68. The minimum absolute atomic E-state index is 0.349. The minimum Gasteiger partial charge on any atom is -0.501 e. The van der Waals surface area contributed by atoms with Crippen molar-refractivity contribution < 1.29 is 18.8 Å². The molecule has 2 amide bonds. The van der Waals surface area contributed by atoms with E-state index in [1.54, 1.807) is 24.3 Å². The Hall–Kier alpha value is -2.02. The number of ether oxygens (including phenoxy) is 1. The third kappa shape index (κ3) is 5.40. The molecule has 1 aromatic rings. The lowest BCUT2D eigenvalue weighted by Crippen LogP contribution is -2.37. The quantitative estimate of drug-likeness (QED) is 0.559. The van der Waals surface area contributed by atoms with Gasteiger partial charge in [-0.15, -0.1) is 0 Å². The molecule has 0 spiro atoms. The topological polar surface area (TPSA) is 77.3 Å². The normalized spacial score (nSPS) is 11.5. The van der Waals surface area contributed by atoms with Crippen molar-refractivity contribution in [3.63, 3.8) is 0 Å². The van der Waals surface area contributed by atoms with Gasteiger partial charge in [-0.3, -0.25) is 0 Å². The summed E-state index contributed by atoms with van der Waals surface area (Å²) < 4.78 is 10.4. The Morgan fingerprint density at radius 2 is 1.45 bits per heavy atom. The predicted molar refractivity (Wildman–Crippen MR) is 85.7 cm³/mol. The van der Waals surface area contributed by atoms with Crippen LogP contribution in [0.25, 0.3) is 0 Å². The first-order valence-corrected chi connectivity index (χ1v) is 9.90. The number of carbonyl (C=O) groups is 2. The summed E-state index contributed by atoms with van der Waals surface area (Å²) in [6.07, 6.45) is -1.77. The molecule has 0 aliphatic carbocycles. The number of hydrogen-bond donors (Lipinski definition) is 0. The van der Waals surface area contributed by atoms with E-state index in [2.05, 4.69) is 10.2 Å². The van der Waals surface area contributed by atoms with Gasteiger partial charge in [0.05, 0.1) is 0 Å². The van der Waals surface area contributed by atoms with Crippen LogP contribution in [-0.4, -0.2) is 20.5 Å². The Kier molecular flexibility index (Phi) is 6.91. The fourth-order valence-corrected chi connectivity index (χ4v) is 4.33. The van der Waals surface area contributed by atoms with Crippen LogP contribution in [0.2, 0.25) is 18.1 Å². The highest BCUT2D eigenvalue weighted by atomic mass is 28.4. The van der Waals surface area contributed by atoms with Crippen molar-refractivity contribution in [2.75, 3.05) is 0 Å². The zero-order valence-electron chi connectivity index (χ0n) is 13.5. The lowest BCUT2D eigenvalue weighted by atomic mass is 10.2. The van der Waals surface area contributed by atoms with E-state index >= 15 is 0 Å². The second-order valence-electron chi connectivity index (χ2n) is 4.99. The van der Waals surface area contributed by atoms with Gasteiger partial charge in [-0.05, 0) is 37.2 Å². The summed E-state index contributed by atoms with van der Waals surface area (Å²) in [7, 11) is -2.09. The highest BCUT2D eigenvalue weighted by Crippen LogP contribution is 2.22. The lowest BCUT2D eigenvalue weighted by molar-refractivity contribution is 0.198. The van der Waals surface area contributed by atoms with Gasteiger partial charge in [0.15, 0.2) is 0 Å². The number of carbonyl (C=O) groups excluding carboxylic acids is 2. The second kappa shape index (κ2) is 8.43. The van der Waals surface area contributed by atoms with Crippen LogP contribution in [0.5, 0.6) is 5.75 Å². The Balaban J connectivity index is 2.58. The smallest absolute Gasteiger partial charge is 0.458 e. The van der Waals surface area contributed by atoms with Gasteiger partial charge in [-0.2, -0.15) is 0 Å². The Labute approximate surface area is 131 Å². The first-order chi connectivity index (χ1) is 10.4. The van der Waals surface area contributed by atoms with Gasteiger partial charge < -0.3 is 9.16 Å². The maximum atomic E-state index is 11.7. The molecule has 0 aliphatic rings. The fraction of sp³-hybridized carbons (Fsp3) is 0.467. The van der Waals surface area contributed by atoms with E-state index in [0.29, 0.717) is 5.75 Å². The number of azo groups is 1. The fourth-order valence-electron chi connectivity index (χ4n) is 1.98. The van der Waals surface area contributed by atoms with E-state index < -0.39 is 20.5 Å². The molecule has 6 nitrogen and oxygen atoms in total. The first-order valence-electron chi connectivity index (χ1n) is 7.38. The highest BCUT2D eigenvalue weighted by Gasteiger charge is 2.32. The number of rotatable bonds is 5. The monoisotopic (exact) mass is 322 g/mol. The predicted octanol–water partition coefficient (Wildman–Crippen LogP) is 5.09. The molecule has 120 valence electrons. The number of benzene rings is 1. The maximum absolute atomic E-state index is 11.7. The molecule has 0 radical (unpaired) electrons. The summed E-state index contributed by atoms with van der Waals surface area (Å²) in [4.78, 5) is 23.2. The average Bonchev–Trinajstić information content (AvgIpc) is 2.53. The molecule has 0 saturated heterocycles. The van der Waals surface area contributed by atoms with Crippen LogP contribution in [0, 0.1) is 6.92 Å². The zero-order chi connectivity index (χ0) is 16.6. The molecular weight excluding hydrogens is 300 g/mol. The maximum Gasteiger partial charge on any atom is 0.458 e. The van der Waals surface area contributed by atoms with Crippen molar-refractivity contribution in [3.8, 4) is 5.75 Å². The van der Waals surface area contributed by atoms with Crippen molar-refractivity contribution in [2.24, 2.45) is 10.2 Å². The standard InChI is InChI=1S/C15H22N2O4Si/c1-5-22(6-2,7-3)21-15(19)17-16-14(18)20-13-10-8-12(4)9-11-13/h8-11H,5-7H2,1-4H3/b17-16+. The van der Waals surface area contributed by atoms with E-state index in [1.165, 1.54) is 0 Å². The van der Waals surface area contributed by atoms with Crippen molar-refractivity contribution in [1.29, 1.82) is 0 Å². The van der Waals surface area contributed by atoms with Crippen LogP contribution in [0.15, 0.2) is 34.5 Å². The molecule has 7 heteroatoms. The molecule has 0 unspecified atom stereocenters. The van der Waals surface area contributed by atoms with Crippen LogP contribution in [0.3, 0.4) is 0 Å². The Morgan fingerprint density at radius 1 is 0.955 bits per heavy atom. The van der Waals surface area contributed by atoms with E-state index in [1.807, 2.05) is 27.7 Å². The van der Waals surface area contributed by atoms with Gasteiger partial charge >= 0.3 is 12.2 Å². The molecular formula is C15H22N2O4Si. The second-order valence-corrected chi connectivity index (χ2v) is 9.68. The molecule has 0 aromatic heterocycles. The molecule has 0 atom stereocenters. The van der Waals surface area contributed by atoms with Crippen LogP contribution in [-0.2, 0) is 4.43 Å². The molecule has 22 heavy (non-hydrogen) atoms. The summed E-state index contributed by atoms with van der Waals surface area (Å²) in [5.74, 6) is 0.349. The van der Waals surface area contributed by atoms with Crippen LogP contribution >= 0.6 is 0 Å². The van der Waals surface area contributed by atoms with Crippen LogP contribution < -0.4 is 4.74 Å². The average molecular weight is 322 g/mol. The van der Waals surface area contributed by atoms with Gasteiger partial charge in [0.25, 0.3) is 8.32 Å². The molecule has 0 heterocycles. The Morgan fingerprint density at radius 3 is 1.95 bits per heavy atom. The summed E-state index contributed by atoms with van der Waals surface area (Å²) >= 11 is 0. The largest absolute Gasteiger partial charge is 0.501 e. The molecule has 1 aromatic carbocycles. The summed E-state index contributed by atoms with van der Waals surface area (Å²) in [6, 6.07) is 9.34.